The molecule has 0 fully saturated rings. The Hall–Kier alpha value is -1.15. The van der Waals surface area contributed by atoms with Crippen LogP contribution >= 0.6 is 0 Å². The average molecular weight is 220 g/mol. The number of nitrogens with zero attached hydrogens (tertiary/aromatic N) is 2. The first-order valence-electron chi connectivity index (χ1n) is 3.93. The molecule has 0 saturated carbocycles. The Bertz CT molecular complexity index is 313. The summed E-state index contributed by atoms with van der Waals surface area (Å²) in [6.45, 7) is 0. The molecule has 4 nitrogen and oxygen atoms in total. The van der Waals surface area contributed by atoms with E-state index in [1.54, 1.807) is 0 Å². The summed E-state index contributed by atoms with van der Waals surface area (Å²) in [5.41, 5.74) is 0.327. The van der Waals surface area contributed by atoms with E-state index in [-0.39, 0.29) is 0 Å². The molecule has 0 aliphatic heterocycles. The molecule has 0 aromatic carbocycles. The second-order valence-corrected chi connectivity index (χ2v) is 2.64. The Morgan fingerprint density at radius 1 is 1.13 bits per heavy atom. The van der Waals surface area contributed by atoms with Crippen LogP contribution in [-0.4, -0.2) is 31.3 Å². The van der Waals surface area contributed by atoms with E-state index >= 15 is 0 Å². The van der Waals surface area contributed by atoms with E-state index < -0.39 is 19.1 Å². The van der Waals surface area contributed by atoms with Gasteiger partial charge >= 0.3 is 13.3 Å². The molecular weight excluding hydrogens is 212 g/mol. The summed E-state index contributed by atoms with van der Waals surface area (Å²) in [4.78, 5) is 6.34. The molecule has 1 aromatic heterocycles. The molecule has 1 aromatic rings. The molecule has 0 aliphatic rings. The second kappa shape index (κ2) is 4.58. The fraction of sp³-hybridized carbons (Fsp3) is 0.429. The number of hydrogen-bond donors (Lipinski definition) is 0. The van der Waals surface area contributed by atoms with E-state index in [2.05, 4.69) is 9.97 Å². The fourth-order valence-corrected chi connectivity index (χ4v) is 0.975. The van der Waals surface area contributed by atoms with Gasteiger partial charge in [0.25, 0.3) is 0 Å². The molecule has 0 radical (unpaired) electrons. The predicted molar refractivity (Wildman–Crippen MR) is 46.4 cm³/mol. The van der Waals surface area contributed by atoms with Crippen molar-refractivity contribution in [3.05, 3.63) is 18.2 Å². The molecule has 0 aliphatic carbocycles. The molecule has 0 saturated heterocycles. The first-order valence-corrected chi connectivity index (χ1v) is 3.93. The lowest BCUT2D eigenvalue weighted by molar-refractivity contribution is -0.144. The Balaban J connectivity index is 2.89. The van der Waals surface area contributed by atoms with Crippen LogP contribution in [0.3, 0.4) is 0 Å². The van der Waals surface area contributed by atoms with Crippen LogP contribution in [0.25, 0.3) is 0 Å². The van der Waals surface area contributed by atoms with Crippen molar-refractivity contribution in [2.24, 2.45) is 0 Å². The summed E-state index contributed by atoms with van der Waals surface area (Å²) in [5.74, 6) is -1.18. The maximum Gasteiger partial charge on any atom is 0.496 e. The van der Waals surface area contributed by atoms with Gasteiger partial charge in [-0.15, -0.1) is 0 Å². The quantitative estimate of drug-likeness (QED) is 0.695. The number of alkyl halides is 3. The molecule has 0 atom stereocenters. The van der Waals surface area contributed by atoms with Gasteiger partial charge in [0.15, 0.2) is 0 Å². The monoisotopic (exact) mass is 220 g/mol. The Labute approximate surface area is 84.6 Å². The number of hydrogen-bond acceptors (Lipinski definition) is 4. The van der Waals surface area contributed by atoms with Gasteiger partial charge < -0.3 is 9.31 Å². The molecule has 0 amide bonds. The third kappa shape index (κ3) is 2.90. The van der Waals surface area contributed by atoms with Gasteiger partial charge in [0.2, 0.25) is 5.82 Å². The smallest absolute Gasteiger partial charge is 0.410 e. The third-order valence-corrected chi connectivity index (χ3v) is 1.63. The SMILES string of the molecule is COB(OC)c1cnc(C(F)(F)F)nc1. The van der Waals surface area contributed by atoms with E-state index in [0.29, 0.717) is 5.46 Å². The van der Waals surface area contributed by atoms with Crippen LogP contribution in [0.1, 0.15) is 5.82 Å². The number of aromatic nitrogens is 2. The molecule has 82 valence electrons. The summed E-state index contributed by atoms with van der Waals surface area (Å²) >= 11 is 0. The average Bonchev–Trinajstić information content (AvgIpc) is 2.19. The number of rotatable bonds is 3. The van der Waals surface area contributed by atoms with Crippen molar-refractivity contribution in [2.75, 3.05) is 14.2 Å². The van der Waals surface area contributed by atoms with Crippen molar-refractivity contribution in [3.8, 4) is 0 Å². The topological polar surface area (TPSA) is 44.2 Å². The van der Waals surface area contributed by atoms with Crippen LogP contribution in [0.2, 0.25) is 0 Å². The first kappa shape index (κ1) is 11.9. The van der Waals surface area contributed by atoms with Gasteiger partial charge in [-0.25, -0.2) is 9.97 Å². The molecule has 0 spiro atoms. The van der Waals surface area contributed by atoms with Crippen LogP contribution in [0, 0.1) is 0 Å². The van der Waals surface area contributed by atoms with E-state index in [4.69, 9.17) is 9.31 Å². The van der Waals surface area contributed by atoms with Crippen molar-refractivity contribution in [1.29, 1.82) is 0 Å². The maximum atomic E-state index is 12.1. The molecule has 8 heteroatoms. The zero-order valence-corrected chi connectivity index (χ0v) is 8.08. The van der Waals surface area contributed by atoms with Gasteiger partial charge in [-0.1, -0.05) is 0 Å². The molecule has 0 bridgehead atoms. The lowest BCUT2D eigenvalue weighted by Gasteiger charge is -2.09. The molecular formula is C7H8BF3N2O2. The minimum atomic E-state index is -4.53. The molecule has 1 heterocycles. The van der Waals surface area contributed by atoms with Crippen molar-refractivity contribution < 1.29 is 22.5 Å². The van der Waals surface area contributed by atoms with Crippen molar-refractivity contribution >= 4 is 12.6 Å². The van der Waals surface area contributed by atoms with Crippen LogP contribution in [0.5, 0.6) is 0 Å². The highest BCUT2D eigenvalue weighted by molar-refractivity contribution is 6.61. The van der Waals surface area contributed by atoms with Gasteiger partial charge in [-0.3, -0.25) is 0 Å². The normalized spacial score (nSPS) is 11.5. The van der Waals surface area contributed by atoms with Gasteiger partial charge in [-0.2, -0.15) is 13.2 Å². The molecule has 15 heavy (non-hydrogen) atoms. The van der Waals surface area contributed by atoms with Crippen LogP contribution in [-0.2, 0) is 15.5 Å². The lowest BCUT2D eigenvalue weighted by atomic mass is 9.81. The zero-order chi connectivity index (χ0) is 11.5. The largest absolute Gasteiger partial charge is 0.496 e. The Morgan fingerprint density at radius 3 is 1.93 bits per heavy atom. The number of halogens is 3. The van der Waals surface area contributed by atoms with Crippen LogP contribution in [0.4, 0.5) is 13.2 Å². The Kier molecular flexibility index (Phi) is 3.64. The van der Waals surface area contributed by atoms with Crippen LogP contribution in [0.15, 0.2) is 12.4 Å². The lowest BCUT2D eigenvalue weighted by Crippen LogP contribution is -2.36. The summed E-state index contributed by atoms with van der Waals surface area (Å²) in [6, 6.07) is 0. The summed E-state index contributed by atoms with van der Waals surface area (Å²) < 4.78 is 45.9. The standard InChI is InChI=1S/C7H8BF3N2O2/c1-14-8(15-2)5-3-12-6(13-4-5)7(9,10)11/h3-4H,1-2H3. The molecule has 1 rings (SSSR count). The molecule has 0 unspecified atom stereocenters. The summed E-state index contributed by atoms with van der Waals surface area (Å²) in [7, 11) is 1.98. The van der Waals surface area contributed by atoms with Crippen molar-refractivity contribution in [1.82, 2.24) is 9.97 Å². The van der Waals surface area contributed by atoms with E-state index in [0.717, 1.165) is 12.4 Å². The minimum Gasteiger partial charge on any atom is -0.410 e. The maximum absolute atomic E-state index is 12.1. The first-order chi connectivity index (χ1) is 6.99. The van der Waals surface area contributed by atoms with Gasteiger partial charge in [0.05, 0.1) is 0 Å². The Morgan fingerprint density at radius 2 is 1.60 bits per heavy atom. The summed E-state index contributed by atoms with van der Waals surface area (Å²) in [6.07, 6.45) is -2.49. The fourth-order valence-electron chi connectivity index (χ4n) is 0.975. The summed E-state index contributed by atoms with van der Waals surface area (Å²) in [5, 5.41) is 0. The predicted octanol–water partition coefficient (Wildman–Crippen LogP) is 0.483. The third-order valence-electron chi connectivity index (χ3n) is 1.63. The highest BCUT2D eigenvalue weighted by Gasteiger charge is 2.34. The van der Waals surface area contributed by atoms with E-state index in [9.17, 15) is 13.2 Å². The van der Waals surface area contributed by atoms with Crippen LogP contribution < -0.4 is 5.46 Å². The van der Waals surface area contributed by atoms with Crippen molar-refractivity contribution in [3.63, 3.8) is 0 Å². The second-order valence-electron chi connectivity index (χ2n) is 2.64. The zero-order valence-electron chi connectivity index (χ0n) is 8.08. The van der Waals surface area contributed by atoms with Crippen molar-refractivity contribution in [2.45, 2.75) is 6.18 Å². The van der Waals surface area contributed by atoms with Gasteiger partial charge in [0.1, 0.15) is 0 Å². The van der Waals surface area contributed by atoms with E-state index in [1.165, 1.54) is 14.2 Å². The minimum absolute atomic E-state index is 0.327. The van der Waals surface area contributed by atoms with Gasteiger partial charge in [-0.05, 0) is 0 Å². The highest BCUT2D eigenvalue weighted by atomic mass is 19.4. The highest BCUT2D eigenvalue weighted by Crippen LogP contribution is 2.24. The van der Waals surface area contributed by atoms with E-state index in [1.807, 2.05) is 0 Å². The molecule has 0 N–H and O–H groups in total. The van der Waals surface area contributed by atoms with Gasteiger partial charge in [0, 0.05) is 32.1 Å².